The zero-order chi connectivity index (χ0) is 24.0. The van der Waals surface area contributed by atoms with Crippen molar-refractivity contribution in [2.24, 2.45) is 0 Å². The third-order valence-electron chi connectivity index (χ3n) is 6.30. The first-order valence-corrected chi connectivity index (χ1v) is 13.0. The van der Waals surface area contributed by atoms with Crippen LogP contribution < -0.4 is 10.6 Å². The maximum atomic E-state index is 12.6. The van der Waals surface area contributed by atoms with Gasteiger partial charge in [0.1, 0.15) is 0 Å². The molecule has 3 rings (SSSR count). The summed E-state index contributed by atoms with van der Waals surface area (Å²) in [6, 6.07) is 5.95. The third-order valence-corrected chi connectivity index (χ3v) is 7.55. The van der Waals surface area contributed by atoms with Crippen LogP contribution >= 0.6 is 34.5 Å². The van der Waals surface area contributed by atoms with Crippen molar-refractivity contribution in [3.8, 4) is 0 Å². The van der Waals surface area contributed by atoms with Crippen molar-refractivity contribution in [2.75, 3.05) is 26.7 Å². The van der Waals surface area contributed by atoms with E-state index >= 15 is 0 Å². The first-order valence-electron chi connectivity index (χ1n) is 11.3. The fourth-order valence-corrected chi connectivity index (χ4v) is 5.72. The van der Waals surface area contributed by atoms with Crippen molar-refractivity contribution in [1.82, 2.24) is 20.4 Å². The highest BCUT2D eigenvalue weighted by atomic mass is 35.5. The van der Waals surface area contributed by atoms with Gasteiger partial charge in [-0.2, -0.15) is 11.3 Å². The summed E-state index contributed by atoms with van der Waals surface area (Å²) in [5.74, 6) is -0.172. The normalized spacial score (nSPS) is 15.8. The van der Waals surface area contributed by atoms with Gasteiger partial charge in [0.05, 0.1) is 10.6 Å². The molecule has 1 unspecified atom stereocenters. The van der Waals surface area contributed by atoms with Crippen molar-refractivity contribution in [2.45, 2.75) is 51.7 Å². The van der Waals surface area contributed by atoms with Crippen molar-refractivity contribution in [1.29, 1.82) is 0 Å². The molecule has 0 spiro atoms. The van der Waals surface area contributed by atoms with Gasteiger partial charge in [-0.25, -0.2) is 4.79 Å². The summed E-state index contributed by atoms with van der Waals surface area (Å²) >= 11 is 13.9. The van der Waals surface area contributed by atoms with Crippen LogP contribution in [0.15, 0.2) is 29.0 Å². The highest BCUT2D eigenvalue weighted by Crippen LogP contribution is 2.25. The van der Waals surface area contributed by atoms with E-state index in [1.807, 2.05) is 17.2 Å². The van der Waals surface area contributed by atoms with Crippen LogP contribution in [0, 0.1) is 6.92 Å². The summed E-state index contributed by atoms with van der Waals surface area (Å²) in [6.07, 6.45) is 2.72. The number of aryl methyl sites for hydroxylation is 1. The molecule has 0 saturated carbocycles. The molecule has 1 aromatic carbocycles. The number of carbonyl (C=O) groups excluding carboxylic acids is 2. The number of benzene rings is 1. The molecular formula is C24H32Cl2N4O2S. The summed E-state index contributed by atoms with van der Waals surface area (Å²) < 4.78 is 0. The number of rotatable bonds is 8. The molecule has 1 saturated heterocycles. The highest BCUT2D eigenvalue weighted by molar-refractivity contribution is 7.07. The maximum Gasteiger partial charge on any atom is 0.317 e. The van der Waals surface area contributed by atoms with E-state index < -0.39 is 0 Å². The van der Waals surface area contributed by atoms with Crippen LogP contribution in [-0.4, -0.2) is 60.5 Å². The molecule has 0 aliphatic carbocycles. The smallest absolute Gasteiger partial charge is 0.317 e. The SMILES string of the molecule is CNC(=O)N(Cc1ccsc1)C1CCN(C(C)CCNC(=O)c2c(C)cc(Cl)cc2Cl)CC1. The Morgan fingerprint density at radius 2 is 2.00 bits per heavy atom. The van der Waals surface area contributed by atoms with E-state index in [-0.39, 0.29) is 18.0 Å². The van der Waals surface area contributed by atoms with E-state index in [0.29, 0.717) is 34.7 Å². The number of piperidine rings is 1. The van der Waals surface area contributed by atoms with Gasteiger partial charge in [0, 0.05) is 50.3 Å². The lowest BCUT2D eigenvalue weighted by atomic mass is 10.0. The molecule has 1 fully saturated rings. The fourth-order valence-electron chi connectivity index (χ4n) is 4.38. The molecule has 3 amide bonds. The van der Waals surface area contributed by atoms with Crippen molar-refractivity contribution >= 4 is 46.5 Å². The van der Waals surface area contributed by atoms with Gasteiger partial charge in [-0.05, 0) is 73.2 Å². The molecule has 0 bridgehead atoms. The van der Waals surface area contributed by atoms with Gasteiger partial charge in [0.2, 0.25) is 0 Å². The number of hydrogen-bond donors (Lipinski definition) is 2. The molecule has 6 nitrogen and oxygen atoms in total. The van der Waals surface area contributed by atoms with Crippen molar-refractivity contribution < 1.29 is 9.59 Å². The van der Waals surface area contributed by atoms with E-state index in [1.54, 1.807) is 30.5 Å². The van der Waals surface area contributed by atoms with Crippen LogP contribution in [0.5, 0.6) is 0 Å². The minimum absolute atomic E-state index is 0.0217. The standard InChI is InChI=1S/C24H32Cl2N4O2S/c1-16-12-19(25)13-21(26)22(16)23(31)28-8-4-17(2)29-9-5-20(6-10-29)30(24(32)27-3)14-18-7-11-33-15-18/h7,11-13,15,17,20H,4-6,8-10,14H2,1-3H3,(H,27,32)(H,28,31). The number of halogens is 2. The highest BCUT2D eigenvalue weighted by Gasteiger charge is 2.29. The van der Waals surface area contributed by atoms with Gasteiger partial charge in [0.15, 0.2) is 0 Å². The van der Waals surface area contributed by atoms with Gasteiger partial charge in [-0.3, -0.25) is 4.79 Å². The predicted molar refractivity (Wildman–Crippen MR) is 137 cm³/mol. The summed E-state index contributed by atoms with van der Waals surface area (Å²) in [6.45, 7) is 7.09. The van der Waals surface area contributed by atoms with Crippen LogP contribution in [0.25, 0.3) is 0 Å². The number of amides is 3. The van der Waals surface area contributed by atoms with Crippen molar-refractivity contribution in [3.63, 3.8) is 0 Å². The molecule has 2 heterocycles. The Hall–Kier alpha value is -1.80. The number of likely N-dealkylation sites (tertiary alicyclic amines) is 1. The van der Waals surface area contributed by atoms with E-state index in [1.165, 1.54) is 5.56 Å². The Labute approximate surface area is 210 Å². The lowest BCUT2D eigenvalue weighted by Gasteiger charge is -2.40. The Balaban J connectivity index is 1.47. The van der Waals surface area contributed by atoms with Gasteiger partial charge in [-0.15, -0.1) is 0 Å². The summed E-state index contributed by atoms with van der Waals surface area (Å²) in [4.78, 5) is 29.5. The lowest BCUT2D eigenvalue weighted by molar-refractivity contribution is 0.0907. The Morgan fingerprint density at radius 1 is 1.27 bits per heavy atom. The predicted octanol–water partition coefficient (Wildman–Crippen LogP) is 5.18. The minimum atomic E-state index is -0.172. The third kappa shape index (κ3) is 6.85. The first-order chi connectivity index (χ1) is 15.8. The molecule has 1 aliphatic rings. The van der Waals surface area contributed by atoms with Crippen molar-refractivity contribution in [3.05, 3.63) is 55.7 Å². The van der Waals surface area contributed by atoms with Gasteiger partial charge >= 0.3 is 6.03 Å². The van der Waals surface area contributed by atoms with Gasteiger partial charge in [-0.1, -0.05) is 23.2 Å². The monoisotopic (exact) mass is 510 g/mol. The van der Waals surface area contributed by atoms with Gasteiger partial charge < -0.3 is 20.4 Å². The minimum Gasteiger partial charge on any atom is -0.352 e. The Kier molecular flexibility index (Phi) is 9.44. The van der Waals surface area contributed by atoms with Crippen LogP contribution in [0.2, 0.25) is 10.0 Å². The number of nitrogens with one attached hydrogen (secondary N) is 2. The second-order valence-corrected chi connectivity index (χ2v) is 10.2. The molecule has 180 valence electrons. The van der Waals surface area contributed by atoms with E-state index in [9.17, 15) is 9.59 Å². The Bertz CT molecular complexity index is 923. The molecule has 1 aromatic heterocycles. The largest absolute Gasteiger partial charge is 0.352 e. The maximum absolute atomic E-state index is 12.6. The zero-order valence-electron chi connectivity index (χ0n) is 19.4. The Morgan fingerprint density at radius 3 is 2.61 bits per heavy atom. The second-order valence-electron chi connectivity index (χ2n) is 8.55. The number of nitrogens with zero attached hydrogens (tertiary/aromatic N) is 2. The summed E-state index contributed by atoms with van der Waals surface area (Å²) in [7, 11) is 1.69. The summed E-state index contributed by atoms with van der Waals surface area (Å²) in [5, 5.41) is 10.8. The average molecular weight is 512 g/mol. The molecule has 1 aliphatic heterocycles. The molecule has 0 radical (unpaired) electrons. The summed E-state index contributed by atoms with van der Waals surface area (Å²) in [5.41, 5.74) is 2.42. The molecule has 1 atom stereocenters. The second kappa shape index (κ2) is 12.1. The number of urea groups is 1. The van der Waals surface area contributed by atoms with E-state index in [4.69, 9.17) is 23.2 Å². The quantitative estimate of drug-likeness (QED) is 0.514. The van der Waals surface area contributed by atoms with Crippen LogP contribution in [0.4, 0.5) is 4.79 Å². The topological polar surface area (TPSA) is 64.7 Å². The molecule has 33 heavy (non-hydrogen) atoms. The molecule has 2 aromatic rings. The molecule has 9 heteroatoms. The fraction of sp³-hybridized carbons (Fsp3) is 0.500. The van der Waals surface area contributed by atoms with Crippen LogP contribution in [0.1, 0.15) is 47.7 Å². The van der Waals surface area contributed by atoms with E-state index in [2.05, 4.69) is 33.9 Å². The number of hydrogen-bond acceptors (Lipinski definition) is 4. The zero-order valence-corrected chi connectivity index (χ0v) is 21.7. The van der Waals surface area contributed by atoms with Crippen LogP contribution in [-0.2, 0) is 6.54 Å². The lowest BCUT2D eigenvalue weighted by Crippen LogP contribution is -2.51. The number of thiophene rings is 1. The molecular weight excluding hydrogens is 479 g/mol. The van der Waals surface area contributed by atoms with E-state index in [0.717, 1.165) is 37.9 Å². The molecule has 2 N–H and O–H groups in total. The number of carbonyl (C=O) groups is 2. The first kappa shape index (κ1) is 25.8. The average Bonchev–Trinajstić information content (AvgIpc) is 3.29. The van der Waals surface area contributed by atoms with Crippen LogP contribution in [0.3, 0.4) is 0 Å². The van der Waals surface area contributed by atoms with Gasteiger partial charge in [0.25, 0.3) is 5.91 Å².